The Balaban J connectivity index is 2.31. The van der Waals surface area contributed by atoms with Crippen LogP contribution in [0.3, 0.4) is 0 Å². The van der Waals surface area contributed by atoms with Gasteiger partial charge in [0, 0.05) is 18.0 Å². The topological polar surface area (TPSA) is 48.3 Å². The number of nitrogens with zero attached hydrogens (tertiary/aromatic N) is 2. The van der Waals surface area contributed by atoms with Crippen LogP contribution in [0.1, 0.15) is 18.5 Å². The van der Waals surface area contributed by atoms with Gasteiger partial charge >= 0.3 is 0 Å². The fraction of sp³-hybridized carbons (Fsp3) is 0.400. The molecule has 0 saturated carbocycles. The van der Waals surface area contributed by atoms with E-state index in [-0.39, 0.29) is 6.04 Å². The highest BCUT2D eigenvalue weighted by molar-refractivity contribution is 5.42. The predicted molar refractivity (Wildman–Crippen MR) is 78.2 cm³/mol. The summed E-state index contributed by atoms with van der Waals surface area (Å²) in [6.45, 7) is 3.69. The third-order valence-electron chi connectivity index (χ3n) is 3.19. The maximum absolute atomic E-state index is 5.47. The minimum Gasteiger partial charge on any atom is -0.497 e. The second-order valence-electron chi connectivity index (χ2n) is 4.45. The van der Waals surface area contributed by atoms with Crippen molar-refractivity contribution >= 4 is 0 Å². The molecule has 2 rings (SSSR count). The van der Waals surface area contributed by atoms with E-state index in [1.54, 1.807) is 20.4 Å². The third kappa shape index (κ3) is 3.30. The summed E-state index contributed by atoms with van der Waals surface area (Å²) in [6.07, 6.45) is 3.74. The van der Waals surface area contributed by atoms with E-state index in [0.717, 1.165) is 30.2 Å². The summed E-state index contributed by atoms with van der Waals surface area (Å²) in [4.78, 5) is 0. The van der Waals surface area contributed by atoms with Crippen molar-refractivity contribution in [1.29, 1.82) is 0 Å². The van der Waals surface area contributed by atoms with Crippen LogP contribution in [0.25, 0.3) is 0 Å². The number of likely N-dealkylation sites (N-methyl/N-ethyl adjacent to an activating group) is 1. The summed E-state index contributed by atoms with van der Waals surface area (Å²) in [5.41, 5.74) is 1.07. The van der Waals surface area contributed by atoms with Gasteiger partial charge in [-0.2, -0.15) is 5.10 Å². The summed E-state index contributed by atoms with van der Waals surface area (Å²) < 4.78 is 12.7. The molecule has 2 aromatic rings. The molecule has 5 nitrogen and oxygen atoms in total. The van der Waals surface area contributed by atoms with Crippen molar-refractivity contribution in [1.82, 2.24) is 15.1 Å². The Labute approximate surface area is 119 Å². The Kier molecular flexibility index (Phi) is 5.01. The van der Waals surface area contributed by atoms with Crippen LogP contribution in [0.5, 0.6) is 11.5 Å². The molecule has 0 aliphatic carbocycles. The molecule has 0 fully saturated rings. The van der Waals surface area contributed by atoms with Gasteiger partial charge in [0.15, 0.2) is 0 Å². The van der Waals surface area contributed by atoms with E-state index < -0.39 is 0 Å². The molecule has 5 heteroatoms. The van der Waals surface area contributed by atoms with Gasteiger partial charge in [0.2, 0.25) is 0 Å². The van der Waals surface area contributed by atoms with Crippen molar-refractivity contribution in [3.63, 3.8) is 0 Å². The molecular weight excluding hydrogens is 254 g/mol. The lowest BCUT2D eigenvalue weighted by molar-refractivity contribution is 0.378. The summed E-state index contributed by atoms with van der Waals surface area (Å²) in [5, 5.41) is 7.73. The van der Waals surface area contributed by atoms with Gasteiger partial charge in [-0.25, -0.2) is 0 Å². The zero-order chi connectivity index (χ0) is 14.4. The third-order valence-corrected chi connectivity index (χ3v) is 3.19. The Morgan fingerprint density at radius 1 is 1.30 bits per heavy atom. The zero-order valence-corrected chi connectivity index (χ0v) is 12.2. The molecule has 1 aromatic heterocycles. The number of rotatable bonds is 7. The maximum Gasteiger partial charge on any atom is 0.123 e. The van der Waals surface area contributed by atoms with Crippen LogP contribution in [0, 0.1) is 0 Å². The molecule has 1 heterocycles. The average molecular weight is 275 g/mol. The van der Waals surface area contributed by atoms with Crippen LogP contribution in [0.15, 0.2) is 36.7 Å². The van der Waals surface area contributed by atoms with E-state index in [9.17, 15) is 0 Å². The number of ether oxygens (including phenoxy) is 2. The minimum atomic E-state index is 0.116. The highest BCUT2D eigenvalue weighted by Gasteiger charge is 2.17. The van der Waals surface area contributed by atoms with Crippen molar-refractivity contribution in [2.45, 2.75) is 19.5 Å². The fourth-order valence-electron chi connectivity index (χ4n) is 2.23. The van der Waals surface area contributed by atoms with E-state index in [4.69, 9.17) is 9.47 Å². The summed E-state index contributed by atoms with van der Waals surface area (Å²) in [7, 11) is 3.35. The normalized spacial score (nSPS) is 12.2. The van der Waals surface area contributed by atoms with E-state index in [1.807, 2.05) is 35.1 Å². The van der Waals surface area contributed by atoms with Gasteiger partial charge in [-0.3, -0.25) is 4.68 Å². The second-order valence-corrected chi connectivity index (χ2v) is 4.45. The van der Waals surface area contributed by atoms with Gasteiger partial charge in [-0.15, -0.1) is 0 Å². The van der Waals surface area contributed by atoms with Gasteiger partial charge in [-0.05, 0) is 30.8 Å². The van der Waals surface area contributed by atoms with Gasteiger partial charge in [0.1, 0.15) is 11.5 Å². The van der Waals surface area contributed by atoms with Crippen LogP contribution in [0.2, 0.25) is 0 Å². The van der Waals surface area contributed by atoms with Gasteiger partial charge in [0.05, 0.1) is 26.8 Å². The van der Waals surface area contributed by atoms with Gasteiger partial charge < -0.3 is 14.8 Å². The highest BCUT2D eigenvalue weighted by atomic mass is 16.5. The number of hydrogen-bond acceptors (Lipinski definition) is 4. The molecule has 108 valence electrons. The fourth-order valence-corrected chi connectivity index (χ4v) is 2.23. The van der Waals surface area contributed by atoms with Crippen molar-refractivity contribution < 1.29 is 9.47 Å². The number of hydrogen-bond donors (Lipinski definition) is 1. The molecular formula is C15H21N3O2. The largest absolute Gasteiger partial charge is 0.497 e. The first-order valence-corrected chi connectivity index (χ1v) is 6.71. The van der Waals surface area contributed by atoms with Crippen LogP contribution < -0.4 is 14.8 Å². The first-order valence-electron chi connectivity index (χ1n) is 6.71. The van der Waals surface area contributed by atoms with Crippen LogP contribution in [-0.2, 0) is 6.54 Å². The SMILES string of the molecule is CCNC(Cn1cccn1)c1cc(OC)ccc1OC. The molecule has 1 aromatic carbocycles. The first-order chi connectivity index (χ1) is 9.78. The van der Waals surface area contributed by atoms with Crippen molar-refractivity contribution in [3.8, 4) is 11.5 Å². The number of nitrogens with one attached hydrogen (secondary N) is 1. The Bertz CT molecular complexity index is 526. The highest BCUT2D eigenvalue weighted by Crippen LogP contribution is 2.30. The molecule has 0 radical (unpaired) electrons. The predicted octanol–water partition coefficient (Wildman–Crippen LogP) is 2.25. The second kappa shape index (κ2) is 6.96. The molecule has 0 aliphatic heterocycles. The van der Waals surface area contributed by atoms with Crippen LogP contribution >= 0.6 is 0 Å². The molecule has 1 N–H and O–H groups in total. The molecule has 20 heavy (non-hydrogen) atoms. The molecule has 0 bridgehead atoms. The number of methoxy groups -OCH3 is 2. The lowest BCUT2D eigenvalue weighted by Gasteiger charge is -2.21. The van der Waals surface area contributed by atoms with Gasteiger partial charge in [0.25, 0.3) is 0 Å². The quantitative estimate of drug-likeness (QED) is 0.842. The van der Waals surface area contributed by atoms with E-state index in [1.165, 1.54) is 0 Å². The maximum atomic E-state index is 5.47. The minimum absolute atomic E-state index is 0.116. The van der Waals surface area contributed by atoms with Crippen molar-refractivity contribution in [2.75, 3.05) is 20.8 Å². The molecule has 0 saturated heterocycles. The van der Waals surface area contributed by atoms with Gasteiger partial charge in [-0.1, -0.05) is 6.92 Å². The van der Waals surface area contributed by atoms with Crippen molar-refractivity contribution in [3.05, 3.63) is 42.2 Å². The standard InChI is InChI=1S/C15H21N3O2/c1-4-16-14(11-18-9-5-8-17-18)13-10-12(19-2)6-7-15(13)20-3/h5-10,14,16H,4,11H2,1-3H3. The first kappa shape index (κ1) is 14.4. The van der Waals surface area contributed by atoms with E-state index >= 15 is 0 Å². The van der Waals surface area contributed by atoms with Crippen LogP contribution in [-0.4, -0.2) is 30.5 Å². The zero-order valence-electron chi connectivity index (χ0n) is 12.2. The summed E-state index contributed by atoms with van der Waals surface area (Å²) >= 11 is 0. The number of benzene rings is 1. The smallest absolute Gasteiger partial charge is 0.123 e. The molecule has 0 amide bonds. The lowest BCUT2D eigenvalue weighted by atomic mass is 10.0. The van der Waals surface area contributed by atoms with E-state index in [0.29, 0.717) is 0 Å². The van der Waals surface area contributed by atoms with Crippen molar-refractivity contribution in [2.24, 2.45) is 0 Å². The van der Waals surface area contributed by atoms with E-state index in [2.05, 4.69) is 17.3 Å². The summed E-state index contributed by atoms with van der Waals surface area (Å²) in [6, 6.07) is 7.88. The lowest BCUT2D eigenvalue weighted by Crippen LogP contribution is -2.26. The molecule has 1 atom stereocenters. The Morgan fingerprint density at radius 3 is 2.75 bits per heavy atom. The van der Waals surface area contributed by atoms with Crippen LogP contribution in [0.4, 0.5) is 0 Å². The molecule has 1 unspecified atom stereocenters. The Morgan fingerprint density at radius 2 is 2.15 bits per heavy atom. The Hall–Kier alpha value is -2.01. The molecule has 0 aliphatic rings. The summed E-state index contributed by atoms with van der Waals surface area (Å²) in [5.74, 6) is 1.67. The molecule has 0 spiro atoms. The average Bonchev–Trinajstić information content (AvgIpc) is 2.99. The number of aromatic nitrogens is 2. The monoisotopic (exact) mass is 275 g/mol.